The molecule has 0 bridgehead atoms. The Kier molecular flexibility index (Phi) is 9.72. The first kappa shape index (κ1) is 30.9. The number of carbonyl (C=O) groups excluding carboxylic acids is 1. The molecule has 1 N–H and O–H groups in total. The second-order valence-electron chi connectivity index (χ2n) is 10.7. The zero-order chi connectivity index (χ0) is 29.8. The number of nitrogens with zero attached hydrogens (tertiary/aromatic N) is 4. The molecule has 0 radical (unpaired) electrons. The van der Waals surface area contributed by atoms with Crippen LogP contribution in [0.2, 0.25) is 0 Å². The van der Waals surface area contributed by atoms with Crippen molar-refractivity contribution in [1.82, 2.24) is 9.88 Å². The summed E-state index contributed by atoms with van der Waals surface area (Å²) in [6.07, 6.45) is 0.769. The smallest absolute Gasteiger partial charge is 0.331 e. The summed E-state index contributed by atoms with van der Waals surface area (Å²) in [7, 11) is 0. The maximum absolute atomic E-state index is 14.9. The highest BCUT2D eigenvalue weighted by Crippen LogP contribution is 2.31. The van der Waals surface area contributed by atoms with Crippen LogP contribution < -0.4 is 15.1 Å². The standard InChI is InChI=1S/C35H33F2N5O.ClH/c1-25-16-17-28-31(38-25)13-7-15-33(28)41-22-20-40(21-23-41)19-18-26-8-6-9-27(24-26)42(34-14-5-3-11-30(34)37)35(43)39-32-12-4-2-10-29(32)36;/h2-17,24H,18-23H2,1H3,(H,39,43);1H. The van der Waals surface area contributed by atoms with Crippen molar-refractivity contribution in [3.8, 4) is 0 Å². The monoisotopic (exact) mass is 613 g/mol. The average Bonchev–Trinajstić information content (AvgIpc) is 3.02. The number of aromatic nitrogens is 1. The van der Waals surface area contributed by atoms with Crippen LogP contribution in [0.5, 0.6) is 0 Å². The van der Waals surface area contributed by atoms with Gasteiger partial charge in [-0.25, -0.2) is 13.6 Å². The summed E-state index contributed by atoms with van der Waals surface area (Å²) in [5.41, 5.74) is 4.89. The number of hydrogen-bond donors (Lipinski definition) is 1. The second kappa shape index (κ2) is 13.8. The number of halogens is 3. The summed E-state index contributed by atoms with van der Waals surface area (Å²) in [5.74, 6) is -1.11. The molecule has 6 rings (SSSR count). The number of hydrogen-bond acceptors (Lipinski definition) is 4. The molecular weight excluding hydrogens is 580 g/mol. The van der Waals surface area contributed by atoms with Gasteiger partial charge in [0.15, 0.2) is 0 Å². The molecule has 0 aliphatic carbocycles. The molecule has 0 saturated carbocycles. The largest absolute Gasteiger partial charge is 0.368 e. The average molecular weight is 614 g/mol. The lowest BCUT2D eigenvalue weighted by Crippen LogP contribution is -2.47. The van der Waals surface area contributed by atoms with E-state index in [9.17, 15) is 13.6 Å². The minimum absolute atomic E-state index is 0. The SMILES string of the molecule is Cc1ccc2c(N3CCN(CCc4cccc(N(C(=O)Nc5ccccc5F)c5ccccc5F)c4)CC3)cccc2n1.Cl. The van der Waals surface area contributed by atoms with Crippen LogP contribution in [-0.2, 0) is 6.42 Å². The zero-order valence-electron chi connectivity index (χ0n) is 24.4. The molecule has 226 valence electrons. The van der Waals surface area contributed by atoms with Gasteiger partial charge in [0.1, 0.15) is 11.6 Å². The number of fused-ring (bicyclic) bond motifs is 1. The lowest BCUT2D eigenvalue weighted by molar-refractivity contribution is 0.258. The highest BCUT2D eigenvalue weighted by Gasteiger charge is 2.23. The number of aryl methyl sites for hydroxylation is 1. The summed E-state index contributed by atoms with van der Waals surface area (Å²) < 4.78 is 29.3. The van der Waals surface area contributed by atoms with Crippen LogP contribution in [-0.4, -0.2) is 48.6 Å². The molecule has 2 heterocycles. The van der Waals surface area contributed by atoms with Gasteiger partial charge in [-0.3, -0.25) is 14.8 Å². The van der Waals surface area contributed by atoms with Crippen LogP contribution in [0.25, 0.3) is 10.9 Å². The van der Waals surface area contributed by atoms with E-state index in [0.29, 0.717) is 5.69 Å². The van der Waals surface area contributed by atoms with Gasteiger partial charge in [0.2, 0.25) is 0 Å². The van der Waals surface area contributed by atoms with Gasteiger partial charge < -0.3 is 10.2 Å². The van der Waals surface area contributed by atoms with Crippen LogP contribution in [0.1, 0.15) is 11.3 Å². The van der Waals surface area contributed by atoms with Crippen molar-refractivity contribution in [2.24, 2.45) is 0 Å². The molecule has 5 aromatic rings. The molecular formula is C35H34ClF2N5O. The molecule has 0 unspecified atom stereocenters. The van der Waals surface area contributed by atoms with Crippen molar-refractivity contribution in [2.75, 3.05) is 47.8 Å². The Bertz CT molecular complexity index is 1760. The second-order valence-corrected chi connectivity index (χ2v) is 10.7. The molecule has 44 heavy (non-hydrogen) atoms. The normalized spacial score (nSPS) is 13.4. The fraction of sp³-hybridized carbons (Fsp3) is 0.200. The number of amides is 2. The van der Waals surface area contributed by atoms with Gasteiger partial charge in [-0.05, 0) is 79.6 Å². The summed E-state index contributed by atoms with van der Waals surface area (Å²) in [4.78, 5) is 24.3. The number of para-hydroxylation sites is 2. The van der Waals surface area contributed by atoms with E-state index in [1.54, 1.807) is 30.3 Å². The Morgan fingerprint density at radius 3 is 2.34 bits per heavy atom. The minimum atomic E-state index is -0.651. The fourth-order valence-corrected chi connectivity index (χ4v) is 5.60. The maximum Gasteiger partial charge on any atom is 0.331 e. The first-order valence-corrected chi connectivity index (χ1v) is 14.5. The highest BCUT2D eigenvalue weighted by atomic mass is 35.5. The third-order valence-electron chi connectivity index (χ3n) is 7.86. The van der Waals surface area contributed by atoms with Crippen molar-refractivity contribution in [3.63, 3.8) is 0 Å². The first-order chi connectivity index (χ1) is 21.0. The maximum atomic E-state index is 14.9. The summed E-state index contributed by atoms with van der Waals surface area (Å²) in [6.45, 7) is 6.57. The number of piperazine rings is 1. The third-order valence-corrected chi connectivity index (χ3v) is 7.86. The molecule has 1 saturated heterocycles. The van der Waals surface area contributed by atoms with Gasteiger partial charge in [0, 0.05) is 49.5 Å². The van der Waals surface area contributed by atoms with Gasteiger partial charge in [-0.1, -0.05) is 42.5 Å². The predicted molar refractivity (Wildman–Crippen MR) is 176 cm³/mol. The summed E-state index contributed by atoms with van der Waals surface area (Å²) in [5, 5.41) is 3.78. The highest BCUT2D eigenvalue weighted by molar-refractivity contribution is 6.07. The van der Waals surface area contributed by atoms with Crippen molar-refractivity contribution in [3.05, 3.63) is 126 Å². The Morgan fingerprint density at radius 1 is 0.841 bits per heavy atom. The zero-order valence-corrected chi connectivity index (χ0v) is 25.2. The number of urea groups is 1. The lowest BCUT2D eigenvalue weighted by Gasteiger charge is -2.36. The number of rotatable bonds is 7. The summed E-state index contributed by atoms with van der Waals surface area (Å²) >= 11 is 0. The van der Waals surface area contributed by atoms with E-state index in [0.717, 1.165) is 55.9 Å². The van der Waals surface area contributed by atoms with Gasteiger partial charge in [0.25, 0.3) is 0 Å². The van der Waals surface area contributed by atoms with Gasteiger partial charge in [0.05, 0.1) is 22.6 Å². The molecule has 9 heteroatoms. The Hall–Kier alpha value is -4.53. The molecule has 1 fully saturated rings. The number of carbonyl (C=O) groups is 1. The number of pyridine rings is 1. The quantitative estimate of drug-likeness (QED) is 0.202. The summed E-state index contributed by atoms with van der Waals surface area (Å²) in [6, 6.07) is 29.4. The van der Waals surface area contributed by atoms with Crippen molar-refractivity contribution in [1.29, 1.82) is 0 Å². The van der Waals surface area contributed by atoms with E-state index in [2.05, 4.69) is 50.4 Å². The number of benzene rings is 4. The van der Waals surface area contributed by atoms with Gasteiger partial charge >= 0.3 is 6.03 Å². The Labute approximate surface area is 262 Å². The molecule has 1 aromatic heterocycles. The Morgan fingerprint density at radius 2 is 1.57 bits per heavy atom. The van der Waals surface area contributed by atoms with E-state index < -0.39 is 17.7 Å². The first-order valence-electron chi connectivity index (χ1n) is 14.5. The van der Waals surface area contributed by atoms with Crippen molar-refractivity contribution in [2.45, 2.75) is 13.3 Å². The van der Waals surface area contributed by atoms with E-state index in [-0.39, 0.29) is 23.8 Å². The number of nitrogens with one attached hydrogen (secondary N) is 1. The van der Waals surface area contributed by atoms with E-state index >= 15 is 0 Å². The molecule has 0 atom stereocenters. The molecule has 2 amide bonds. The minimum Gasteiger partial charge on any atom is -0.368 e. The fourth-order valence-electron chi connectivity index (χ4n) is 5.60. The van der Waals surface area contributed by atoms with Gasteiger partial charge in [-0.2, -0.15) is 0 Å². The van der Waals surface area contributed by atoms with E-state index in [4.69, 9.17) is 0 Å². The molecule has 6 nitrogen and oxygen atoms in total. The van der Waals surface area contributed by atoms with E-state index in [1.165, 1.54) is 40.2 Å². The lowest BCUT2D eigenvalue weighted by atomic mass is 10.1. The third kappa shape index (κ3) is 6.82. The molecule has 4 aromatic carbocycles. The van der Waals surface area contributed by atoms with Crippen molar-refractivity contribution >= 4 is 52.1 Å². The van der Waals surface area contributed by atoms with Crippen LogP contribution in [0, 0.1) is 18.6 Å². The predicted octanol–water partition coefficient (Wildman–Crippen LogP) is 7.98. The Balaban J connectivity index is 0.00000384. The van der Waals surface area contributed by atoms with E-state index in [1.807, 2.05) is 25.1 Å². The topological polar surface area (TPSA) is 51.7 Å². The molecule has 1 aliphatic rings. The molecule has 0 spiro atoms. The van der Waals surface area contributed by atoms with Gasteiger partial charge in [-0.15, -0.1) is 12.4 Å². The van der Waals surface area contributed by atoms with Crippen molar-refractivity contribution < 1.29 is 13.6 Å². The van der Waals surface area contributed by atoms with Crippen LogP contribution >= 0.6 is 12.4 Å². The molecule has 1 aliphatic heterocycles. The van der Waals surface area contributed by atoms with Crippen LogP contribution in [0.4, 0.5) is 36.3 Å². The van der Waals surface area contributed by atoms with Crippen LogP contribution in [0.3, 0.4) is 0 Å². The van der Waals surface area contributed by atoms with Crippen LogP contribution in [0.15, 0.2) is 103 Å². The number of anilines is 4.